The molecule has 0 amide bonds. The van der Waals surface area contributed by atoms with E-state index >= 15 is 0 Å². The number of furan rings is 1. The van der Waals surface area contributed by atoms with Gasteiger partial charge in [-0.3, -0.25) is 0 Å². The molecule has 320 valence electrons. The molecular weight excluding hydrogens is 831 g/mol. The molecule has 3 heterocycles. The second-order valence-corrected chi connectivity index (χ2v) is 18.1. The zero-order chi connectivity index (χ0) is 45.3. The third kappa shape index (κ3) is 6.68. The zero-order valence-corrected chi connectivity index (χ0v) is 37.4. The van der Waals surface area contributed by atoms with Gasteiger partial charge < -0.3 is 4.42 Å². The Hall–Kier alpha value is -8.87. The van der Waals surface area contributed by atoms with Gasteiger partial charge in [0.2, 0.25) is 0 Å². The maximum Gasteiger partial charge on any atom is 0.164 e. The van der Waals surface area contributed by atoms with E-state index in [1.165, 1.54) is 22.3 Å². The Balaban J connectivity index is 0.895. The van der Waals surface area contributed by atoms with Crippen molar-refractivity contribution in [3.05, 3.63) is 223 Å². The number of aromatic nitrogens is 5. The smallest absolute Gasteiger partial charge is 0.164 e. The molecule has 0 bridgehead atoms. The molecule has 0 N–H and O–H groups in total. The van der Waals surface area contributed by atoms with Crippen LogP contribution in [0.1, 0.15) is 25.0 Å². The van der Waals surface area contributed by atoms with Crippen molar-refractivity contribution in [2.75, 3.05) is 0 Å². The van der Waals surface area contributed by atoms with Crippen molar-refractivity contribution in [1.82, 2.24) is 24.9 Å². The molecule has 1 aliphatic carbocycles. The highest BCUT2D eigenvalue weighted by atomic mass is 16.3. The number of fused-ring (bicyclic) bond motifs is 8. The molecule has 6 nitrogen and oxygen atoms in total. The Bertz CT molecular complexity index is 3950. The van der Waals surface area contributed by atoms with E-state index in [1.54, 1.807) is 0 Å². The molecule has 12 aromatic rings. The van der Waals surface area contributed by atoms with Gasteiger partial charge in [-0.2, -0.15) is 0 Å². The van der Waals surface area contributed by atoms with Crippen molar-refractivity contribution >= 4 is 32.7 Å². The SMILES string of the molecule is CC1(C)c2ccccc2-c2cc(-c3cc(-c4cccc(-c5cccc(-c6nc(-c7ccccc7)nc(-c7ccc8c(c7)oc7c9ccccc9ccc87)n6)c5)c4)nc(-c4ccccc4)n3)ccc21. The van der Waals surface area contributed by atoms with Crippen LogP contribution in [0.3, 0.4) is 0 Å². The Morgan fingerprint density at radius 2 is 0.838 bits per heavy atom. The molecule has 9 aromatic carbocycles. The zero-order valence-electron chi connectivity index (χ0n) is 37.4. The van der Waals surface area contributed by atoms with Gasteiger partial charge in [0, 0.05) is 55.0 Å². The maximum absolute atomic E-state index is 6.58. The third-order valence-corrected chi connectivity index (χ3v) is 13.5. The number of hydrogen-bond acceptors (Lipinski definition) is 6. The summed E-state index contributed by atoms with van der Waals surface area (Å²) in [5.41, 5.74) is 16.2. The van der Waals surface area contributed by atoms with Crippen molar-refractivity contribution in [2.24, 2.45) is 0 Å². The first-order valence-electron chi connectivity index (χ1n) is 23.0. The number of rotatable bonds is 7. The highest BCUT2D eigenvalue weighted by Gasteiger charge is 2.35. The predicted molar refractivity (Wildman–Crippen MR) is 276 cm³/mol. The normalized spacial score (nSPS) is 12.7. The van der Waals surface area contributed by atoms with Gasteiger partial charge in [-0.25, -0.2) is 24.9 Å². The van der Waals surface area contributed by atoms with Crippen molar-refractivity contribution in [3.8, 4) is 90.3 Å². The van der Waals surface area contributed by atoms with Crippen LogP contribution in [0.15, 0.2) is 217 Å². The van der Waals surface area contributed by atoms with Crippen molar-refractivity contribution in [3.63, 3.8) is 0 Å². The van der Waals surface area contributed by atoms with Gasteiger partial charge >= 0.3 is 0 Å². The number of benzene rings is 9. The second kappa shape index (κ2) is 15.6. The van der Waals surface area contributed by atoms with E-state index in [9.17, 15) is 0 Å². The number of hydrogen-bond donors (Lipinski definition) is 0. The van der Waals surface area contributed by atoms with Crippen LogP contribution in [-0.4, -0.2) is 24.9 Å². The Morgan fingerprint density at radius 3 is 1.57 bits per heavy atom. The summed E-state index contributed by atoms with van der Waals surface area (Å²) in [4.78, 5) is 25.7. The summed E-state index contributed by atoms with van der Waals surface area (Å²) in [7, 11) is 0. The summed E-state index contributed by atoms with van der Waals surface area (Å²) in [6, 6.07) is 73.8. The lowest BCUT2D eigenvalue weighted by Crippen LogP contribution is -2.14. The highest BCUT2D eigenvalue weighted by Crippen LogP contribution is 2.49. The van der Waals surface area contributed by atoms with Crippen LogP contribution in [0, 0.1) is 0 Å². The van der Waals surface area contributed by atoms with E-state index in [2.05, 4.69) is 172 Å². The molecular formula is C62H41N5O. The molecule has 0 radical (unpaired) electrons. The van der Waals surface area contributed by atoms with Crippen LogP contribution in [0.2, 0.25) is 0 Å². The van der Waals surface area contributed by atoms with E-state index in [0.717, 1.165) is 88.6 Å². The lowest BCUT2D eigenvalue weighted by atomic mass is 9.82. The lowest BCUT2D eigenvalue weighted by Gasteiger charge is -2.21. The molecule has 3 aromatic heterocycles. The van der Waals surface area contributed by atoms with Gasteiger partial charge in [0.1, 0.15) is 11.2 Å². The van der Waals surface area contributed by atoms with Crippen LogP contribution in [0.25, 0.3) is 123 Å². The van der Waals surface area contributed by atoms with E-state index in [1.807, 2.05) is 54.6 Å². The summed E-state index contributed by atoms with van der Waals surface area (Å²) >= 11 is 0. The fourth-order valence-electron chi connectivity index (χ4n) is 10.0. The summed E-state index contributed by atoms with van der Waals surface area (Å²) in [6.07, 6.45) is 0. The topological polar surface area (TPSA) is 77.6 Å². The van der Waals surface area contributed by atoms with Gasteiger partial charge in [-0.15, -0.1) is 0 Å². The fraction of sp³-hybridized carbons (Fsp3) is 0.0484. The van der Waals surface area contributed by atoms with Crippen molar-refractivity contribution in [1.29, 1.82) is 0 Å². The van der Waals surface area contributed by atoms with E-state index in [4.69, 9.17) is 29.3 Å². The molecule has 0 aliphatic heterocycles. The molecule has 1 aliphatic rings. The molecule has 0 saturated carbocycles. The molecule has 0 atom stereocenters. The van der Waals surface area contributed by atoms with E-state index in [-0.39, 0.29) is 5.41 Å². The Kier molecular flexibility index (Phi) is 9.08. The van der Waals surface area contributed by atoms with Crippen LogP contribution in [0.5, 0.6) is 0 Å². The summed E-state index contributed by atoms with van der Waals surface area (Å²) in [6.45, 7) is 4.62. The van der Waals surface area contributed by atoms with Gasteiger partial charge in [-0.05, 0) is 81.2 Å². The molecule has 0 fully saturated rings. The number of nitrogens with zero attached hydrogens (tertiary/aromatic N) is 5. The molecule has 6 heteroatoms. The van der Waals surface area contributed by atoms with Gasteiger partial charge in [0.15, 0.2) is 23.3 Å². The summed E-state index contributed by atoms with van der Waals surface area (Å²) < 4.78 is 6.58. The molecule has 13 rings (SSSR count). The van der Waals surface area contributed by atoms with E-state index < -0.39 is 0 Å². The van der Waals surface area contributed by atoms with Gasteiger partial charge in [0.05, 0.1) is 11.4 Å². The van der Waals surface area contributed by atoms with E-state index in [0.29, 0.717) is 23.3 Å². The van der Waals surface area contributed by atoms with Crippen LogP contribution in [-0.2, 0) is 5.41 Å². The first-order valence-corrected chi connectivity index (χ1v) is 23.0. The third-order valence-electron chi connectivity index (χ3n) is 13.5. The van der Waals surface area contributed by atoms with Crippen molar-refractivity contribution in [2.45, 2.75) is 19.3 Å². The standard InChI is InChI=1S/C62H41N5O/c1-62(2)52-26-12-11-25-48(52)51-35-44(29-32-53(51)62)55-37-54(63-58(64-55)39-16-5-3-6-17-39)43-22-13-20-41(33-43)42-21-14-23-45(34-42)60-65-59(40-18-7-4-8-19-40)66-61(67-60)46-28-30-49-50-31-27-38-15-9-10-24-47(38)57(50)68-56(49)36-46/h3-37H,1-2H3. The Labute approximate surface area is 393 Å². The molecule has 0 unspecified atom stereocenters. The lowest BCUT2D eigenvalue weighted by molar-refractivity contribution is 0.660. The molecule has 68 heavy (non-hydrogen) atoms. The Morgan fingerprint density at radius 1 is 0.324 bits per heavy atom. The van der Waals surface area contributed by atoms with Gasteiger partial charge in [-0.1, -0.05) is 184 Å². The first kappa shape index (κ1) is 39.5. The van der Waals surface area contributed by atoms with Crippen molar-refractivity contribution < 1.29 is 4.42 Å². The minimum atomic E-state index is -0.0776. The summed E-state index contributed by atoms with van der Waals surface area (Å²) in [5, 5.41) is 4.37. The fourth-order valence-corrected chi connectivity index (χ4v) is 10.0. The predicted octanol–water partition coefficient (Wildman–Crippen LogP) is 15.7. The molecule has 0 spiro atoms. The average Bonchev–Trinajstić information content (AvgIpc) is 3.90. The van der Waals surface area contributed by atoms with Crippen LogP contribution in [0.4, 0.5) is 0 Å². The highest BCUT2D eigenvalue weighted by molar-refractivity contribution is 6.15. The monoisotopic (exact) mass is 871 g/mol. The van der Waals surface area contributed by atoms with Crippen LogP contribution < -0.4 is 0 Å². The maximum atomic E-state index is 6.58. The average molecular weight is 872 g/mol. The summed E-state index contributed by atoms with van der Waals surface area (Å²) in [5.74, 6) is 2.42. The van der Waals surface area contributed by atoms with Gasteiger partial charge in [0.25, 0.3) is 0 Å². The quantitative estimate of drug-likeness (QED) is 0.159. The largest absolute Gasteiger partial charge is 0.455 e. The minimum absolute atomic E-state index is 0.0776. The first-order chi connectivity index (χ1) is 33.4. The second-order valence-electron chi connectivity index (χ2n) is 18.1. The molecule has 0 saturated heterocycles. The minimum Gasteiger partial charge on any atom is -0.455 e. The van der Waals surface area contributed by atoms with Crippen LogP contribution >= 0.6 is 0 Å².